The zero-order valence-corrected chi connectivity index (χ0v) is 13.1. The van der Waals surface area contributed by atoms with E-state index in [0.29, 0.717) is 17.0 Å². The zero-order chi connectivity index (χ0) is 14.9. The second kappa shape index (κ2) is 5.46. The van der Waals surface area contributed by atoms with Crippen molar-refractivity contribution in [3.63, 3.8) is 0 Å². The molecule has 21 heavy (non-hydrogen) atoms. The van der Waals surface area contributed by atoms with Crippen molar-refractivity contribution in [3.05, 3.63) is 70.2 Å². The minimum absolute atomic E-state index is 0.293. The SMILES string of the molecule is O=S1(=O)N=C(C=Cc2cccc(Br)c2)c2ccccc2O1. The van der Waals surface area contributed by atoms with Gasteiger partial charge in [-0.15, -0.1) is 4.40 Å². The Morgan fingerprint density at radius 2 is 1.86 bits per heavy atom. The summed E-state index contributed by atoms with van der Waals surface area (Å²) >= 11 is 3.39. The first-order chi connectivity index (χ1) is 10.0. The molecule has 0 aliphatic carbocycles. The summed E-state index contributed by atoms with van der Waals surface area (Å²) in [7, 11) is -3.93. The molecule has 1 aliphatic rings. The minimum Gasteiger partial charge on any atom is -0.365 e. The van der Waals surface area contributed by atoms with Crippen LogP contribution in [0.3, 0.4) is 0 Å². The topological polar surface area (TPSA) is 55.7 Å². The summed E-state index contributed by atoms with van der Waals surface area (Å²) in [6, 6.07) is 14.6. The first kappa shape index (κ1) is 14.0. The lowest BCUT2D eigenvalue weighted by Gasteiger charge is -2.14. The third-order valence-corrected chi connectivity index (χ3v) is 4.15. The van der Waals surface area contributed by atoms with E-state index in [0.717, 1.165) is 10.0 Å². The number of hydrogen-bond donors (Lipinski definition) is 0. The van der Waals surface area contributed by atoms with Crippen LogP contribution in [-0.2, 0) is 10.3 Å². The zero-order valence-electron chi connectivity index (χ0n) is 10.7. The number of benzene rings is 2. The van der Waals surface area contributed by atoms with Crippen molar-refractivity contribution in [1.29, 1.82) is 0 Å². The van der Waals surface area contributed by atoms with Gasteiger partial charge in [-0.3, -0.25) is 0 Å². The molecule has 0 spiro atoms. The number of para-hydroxylation sites is 1. The second-order valence-electron chi connectivity index (χ2n) is 4.37. The summed E-state index contributed by atoms with van der Waals surface area (Å²) in [5.41, 5.74) is 1.95. The maximum absolute atomic E-state index is 11.6. The second-order valence-corrected chi connectivity index (χ2v) is 6.49. The average molecular weight is 364 g/mol. The van der Waals surface area contributed by atoms with Crippen molar-refractivity contribution in [3.8, 4) is 5.75 Å². The van der Waals surface area contributed by atoms with Crippen LogP contribution in [0, 0.1) is 0 Å². The highest BCUT2D eigenvalue weighted by molar-refractivity contribution is 9.10. The van der Waals surface area contributed by atoms with Crippen molar-refractivity contribution in [1.82, 2.24) is 0 Å². The van der Waals surface area contributed by atoms with Crippen LogP contribution in [0.5, 0.6) is 5.75 Å². The van der Waals surface area contributed by atoms with Crippen LogP contribution >= 0.6 is 15.9 Å². The van der Waals surface area contributed by atoms with Gasteiger partial charge in [-0.05, 0) is 35.9 Å². The van der Waals surface area contributed by atoms with Gasteiger partial charge >= 0.3 is 10.3 Å². The van der Waals surface area contributed by atoms with Crippen LogP contribution < -0.4 is 4.18 Å². The molecular weight excluding hydrogens is 354 g/mol. The van der Waals surface area contributed by atoms with Gasteiger partial charge in [-0.1, -0.05) is 46.3 Å². The van der Waals surface area contributed by atoms with Gasteiger partial charge in [0.1, 0.15) is 0 Å². The van der Waals surface area contributed by atoms with E-state index >= 15 is 0 Å². The Balaban J connectivity index is 2.02. The van der Waals surface area contributed by atoms with Crippen LogP contribution in [-0.4, -0.2) is 14.1 Å². The minimum atomic E-state index is -3.93. The van der Waals surface area contributed by atoms with Gasteiger partial charge in [0, 0.05) is 10.0 Å². The molecular formula is C15H10BrNO3S. The Morgan fingerprint density at radius 1 is 1.05 bits per heavy atom. The summed E-state index contributed by atoms with van der Waals surface area (Å²) in [5.74, 6) is 0.293. The van der Waals surface area contributed by atoms with Crippen molar-refractivity contribution >= 4 is 38.0 Å². The van der Waals surface area contributed by atoms with E-state index in [1.807, 2.05) is 30.3 Å². The molecule has 0 bridgehead atoms. The fourth-order valence-electron chi connectivity index (χ4n) is 1.96. The monoisotopic (exact) mass is 363 g/mol. The highest BCUT2D eigenvalue weighted by Crippen LogP contribution is 2.26. The van der Waals surface area contributed by atoms with E-state index in [4.69, 9.17) is 4.18 Å². The van der Waals surface area contributed by atoms with Crippen molar-refractivity contribution in [2.24, 2.45) is 4.40 Å². The molecule has 0 saturated carbocycles. The molecule has 0 fully saturated rings. The molecule has 0 aromatic heterocycles. The summed E-state index contributed by atoms with van der Waals surface area (Å²) in [5, 5.41) is 0. The van der Waals surface area contributed by atoms with Crippen molar-refractivity contribution < 1.29 is 12.6 Å². The molecule has 0 unspecified atom stereocenters. The Hall–Kier alpha value is -1.92. The molecule has 0 atom stereocenters. The molecule has 2 aromatic carbocycles. The standard InChI is InChI=1S/C15H10BrNO3S/c16-12-5-3-4-11(10-12)8-9-14-13-6-1-2-7-15(13)20-21(18,19)17-14/h1-10H. The van der Waals surface area contributed by atoms with Gasteiger partial charge in [-0.25, -0.2) is 0 Å². The number of allylic oxidation sites excluding steroid dienone is 1. The molecule has 1 heterocycles. The van der Waals surface area contributed by atoms with Crippen molar-refractivity contribution in [2.45, 2.75) is 0 Å². The van der Waals surface area contributed by atoms with Crippen LogP contribution in [0.4, 0.5) is 0 Å². The molecule has 0 amide bonds. The molecule has 3 rings (SSSR count). The molecule has 106 valence electrons. The first-order valence-electron chi connectivity index (χ1n) is 6.11. The normalized spacial score (nSPS) is 16.1. The van der Waals surface area contributed by atoms with Gasteiger partial charge in [0.15, 0.2) is 5.75 Å². The maximum Gasteiger partial charge on any atom is 0.429 e. The largest absolute Gasteiger partial charge is 0.429 e. The average Bonchev–Trinajstić information content (AvgIpc) is 2.44. The Kier molecular flexibility index (Phi) is 3.65. The van der Waals surface area contributed by atoms with E-state index in [-0.39, 0.29) is 0 Å². The Bertz CT molecular complexity index is 857. The van der Waals surface area contributed by atoms with Crippen LogP contribution in [0.15, 0.2) is 63.5 Å². The fraction of sp³-hybridized carbons (Fsp3) is 0. The van der Waals surface area contributed by atoms with Gasteiger partial charge in [0.05, 0.1) is 5.71 Å². The number of rotatable bonds is 2. The van der Waals surface area contributed by atoms with Gasteiger partial charge in [-0.2, -0.15) is 8.42 Å². The molecule has 4 nitrogen and oxygen atoms in total. The van der Waals surface area contributed by atoms with Crippen molar-refractivity contribution in [2.75, 3.05) is 0 Å². The summed E-state index contributed by atoms with van der Waals surface area (Å²) < 4.78 is 32.8. The number of fused-ring (bicyclic) bond motifs is 1. The molecule has 1 aliphatic heterocycles. The molecule has 2 aromatic rings. The number of hydrogen-bond acceptors (Lipinski definition) is 3. The maximum atomic E-state index is 11.6. The van der Waals surface area contributed by atoms with E-state index in [9.17, 15) is 8.42 Å². The molecule has 0 saturated heterocycles. The van der Waals surface area contributed by atoms with E-state index < -0.39 is 10.3 Å². The third-order valence-electron chi connectivity index (χ3n) is 2.85. The summed E-state index contributed by atoms with van der Waals surface area (Å²) in [6.07, 6.45) is 3.47. The summed E-state index contributed by atoms with van der Waals surface area (Å²) in [6.45, 7) is 0. The van der Waals surface area contributed by atoms with Gasteiger partial charge in [0.25, 0.3) is 0 Å². The molecule has 6 heteroatoms. The van der Waals surface area contributed by atoms with Gasteiger partial charge in [0.2, 0.25) is 0 Å². The lowest BCUT2D eigenvalue weighted by Crippen LogP contribution is -2.17. The lowest BCUT2D eigenvalue weighted by molar-refractivity contribution is 0.485. The van der Waals surface area contributed by atoms with E-state index in [1.54, 1.807) is 30.4 Å². The predicted octanol–water partition coefficient (Wildman–Crippen LogP) is 3.59. The summed E-state index contributed by atoms with van der Waals surface area (Å²) in [4.78, 5) is 0. The third kappa shape index (κ3) is 3.22. The van der Waals surface area contributed by atoms with Gasteiger partial charge < -0.3 is 4.18 Å². The first-order valence-corrected chi connectivity index (χ1v) is 8.27. The van der Waals surface area contributed by atoms with Crippen LogP contribution in [0.2, 0.25) is 0 Å². The highest BCUT2D eigenvalue weighted by atomic mass is 79.9. The Labute approximate surface area is 131 Å². The predicted molar refractivity (Wildman–Crippen MR) is 85.7 cm³/mol. The fourth-order valence-corrected chi connectivity index (χ4v) is 3.18. The van der Waals surface area contributed by atoms with Crippen LogP contribution in [0.25, 0.3) is 6.08 Å². The quantitative estimate of drug-likeness (QED) is 0.818. The Morgan fingerprint density at radius 3 is 2.67 bits per heavy atom. The lowest BCUT2D eigenvalue weighted by atomic mass is 10.1. The highest BCUT2D eigenvalue weighted by Gasteiger charge is 2.22. The number of nitrogens with zero attached hydrogens (tertiary/aromatic N) is 1. The smallest absolute Gasteiger partial charge is 0.365 e. The molecule has 0 N–H and O–H groups in total. The number of halogens is 1. The molecule has 0 radical (unpaired) electrons. The van der Waals surface area contributed by atoms with E-state index in [2.05, 4.69) is 20.3 Å². The van der Waals surface area contributed by atoms with Crippen LogP contribution in [0.1, 0.15) is 11.1 Å². The van der Waals surface area contributed by atoms with E-state index in [1.165, 1.54) is 0 Å².